The quantitative estimate of drug-likeness (QED) is 0.309. The SMILES string of the molecule is O=C(c1cccc(C(F)(F)F)c1)N1CCC[C@@H]1c1nc2cc(-c3ccc(F)cc3F)ccc2o1. The largest absolute Gasteiger partial charge is 0.438 e. The molecule has 0 radical (unpaired) electrons. The summed E-state index contributed by atoms with van der Waals surface area (Å²) in [5.41, 5.74) is 0.570. The van der Waals surface area contributed by atoms with Gasteiger partial charge in [0.1, 0.15) is 23.2 Å². The second-order valence-electron chi connectivity index (χ2n) is 8.09. The van der Waals surface area contributed by atoms with E-state index < -0.39 is 35.3 Å². The van der Waals surface area contributed by atoms with Gasteiger partial charge in [0, 0.05) is 23.7 Å². The molecule has 1 saturated heterocycles. The molecule has 4 nitrogen and oxygen atoms in total. The average molecular weight is 472 g/mol. The standard InChI is InChI=1S/C25H17F5N2O2/c26-17-7-8-18(19(27)13-17)14-6-9-22-20(12-14)31-23(34-22)21-5-2-10-32(21)24(33)15-3-1-4-16(11-15)25(28,29)30/h1,3-4,6-9,11-13,21H,2,5,10H2/t21-/m1/s1. The highest BCUT2D eigenvalue weighted by atomic mass is 19.4. The van der Waals surface area contributed by atoms with Crippen LogP contribution >= 0.6 is 0 Å². The van der Waals surface area contributed by atoms with Crippen LogP contribution in [0.25, 0.3) is 22.2 Å². The molecule has 9 heteroatoms. The van der Waals surface area contributed by atoms with Gasteiger partial charge in [-0.2, -0.15) is 13.2 Å². The van der Waals surface area contributed by atoms with Crippen molar-refractivity contribution in [2.24, 2.45) is 0 Å². The summed E-state index contributed by atoms with van der Waals surface area (Å²) in [6, 6.07) is 11.9. The van der Waals surface area contributed by atoms with E-state index in [4.69, 9.17) is 4.42 Å². The van der Waals surface area contributed by atoms with E-state index in [2.05, 4.69) is 4.98 Å². The van der Waals surface area contributed by atoms with E-state index in [9.17, 15) is 26.7 Å². The van der Waals surface area contributed by atoms with E-state index in [0.717, 1.165) is 24.3 Å². The third-order valence-electron chi connectivity index (χ3n) is 5.88. The average Bonchev–Trinajstić information content (AvgIpc) is 3.44. The summed E-state index contributed by atoms with van der Waals surface area (Å²) in [5.74, 6) is -1.68. The zero-order valence-electron chi connectivity index (χ0n) is 17.6. The number of fused-ring (bicyclic) bond motifs is 1. The lowest BCUT2D eigenvalue weighted by atomic mass is 10.0. The number of carbonyl (C=O) groups excluding carboxylic acids is 1. The van der Waals surface area contributed by atoms with Crippen LogP contribution in [0.5, 0.6) is 0 Å². The van der Waals surface area contributed by atoms with E-state index in [1.165, 1.54) is 23.1 Å². The van der Waals surface area contributed by atoms with Gasteiger partial charge in [-0.3, -0.25) is 4.79 Å². The summed E-state index contributed by atoms with van der Waals surface area (Å²) in [5, 5.41) is 0. The van der Waals surface area contributed by atoms with Crippen LogP contribution in [0.2, 0.25) is 0 Å². The fraction of sp³-hybridized carbons (Fsp3) is 0.200. The van der Waals surface area contributed by atoms with Gasteiger partial charge in [-0.15, -0.1) is 0 Å². The molecule has 1 fully saturated rings. The van der Waals surface area contributed by atoms with Crippen molar-refractivity contribution in [3.8, 4) is 11.1 Å². The van der Waals surface area contributed by atoms with Crippen molar-refractivity contribution in [2.75, 3.05) is 6.54 Å². The molecule has 0 N–H and O–H groups in total. The Morgan fingerprint density at radius 3 is 2.62 bits per heavy atom. The number of benzene rings is 3. The minimum Gasteiger partial charge on any atom is -0.438 e. The zero-order valence-corrected chi connectivity index (χ0v) is 17.6. The first-order valence-corrected chi connectivity index (χ1v) is 10.5. The molecule has 1 aromatic heterocycles. The fourth-order valence-electron chi connectivity index (χ4n) is 4.24. The highest BCUT2D eigenvalue weighted by Gasteiger charge is 2.36. The molecule has 2 heterocycles. The van der Waals surface area contributed by atoms with Gasteiger partial charge in [0.2, 0.25) is 5.89 Å². The van der Waals surface area contributed by atoms with Crippen LogP contribution in [-0.2, 0) is 6.18 Å². The third kappa shape index (κ3) is 4.02. The van der Waals surface area contributed by atoms with Gasteiger partial charge in [-0.1, -0.05) is 12.1 Å². The fourth-order valence-corrected chi connectivity index (χ4v) is 4.24. The monoisotopic (exact) mass is 472 g/mol. The number of halogens is 5. The number of hydrogen-bond acceptors (Lipinski definition) is 3. The van der Waals surface area contributed by atoms with E-state index in [0.29, 0.717) is 36.0 Å². The Kier molecular flexibility index (Phi) is 5.34. The van der Waals surface area contributed by atoms with Crippen LogP contribution in [0.1, 0.15) is 40.7 Å². The van der Waals surface area contributed by atoms with Crippen molar-refractivity contribution in [1.82, 2.24) is 9.88 Å². The van der Waals surface area contributed by atoms with Gasteiger partial charge >= 0.3 is 6.18 Å². The molecule has 5 rings (SSSR count). The van der Waals surface area contributed by atoms with Crippen LogP contribution in [-0.4, -0.2) is 22.3 Å². The summed E-state index contributed by atoms with van der Waals surface area (Å²) in [6.07, 6.45) is -3.38. The van der Waals surface area contributed by atoms with Crippen molar-refractivity contribution >= 4 is 17.0 Å². The van der Waals surface area contributed by atoms with Crippen molar-refractivity contribution in [1.29, 1.82) is 0 Å². The van der Waals surface area contributed by atoms with Crippen molar-refractivity contribution in [3.63, 3.8) is 0 Å². The van der Waals surface area contributed by atoms with Gasteiger partial charge in [0.15, 0.2) is 5.58 Å². The molecule has 4 aromatic rings. The molecule has 3 aromatic carbocycles. The summed E-state index contributed by atoms with van der Waals surface area (Å²) in [6.45, 7) is 0.352. The minimum atomic E-state index is -4.55. The highest BCUT2D eigenvalue weighted by Crippen LogP contribution is 2.36. The minimum absolute atomic E-state index is 0.0630. The van der Waals surface area contributed by atoms with Crippen molar-refractivity contribution < 1.29 is 31.2 Å². The van der Waals surface area contributed by atoms with Gasteiger partial charge in [0.25, 0.3) is 5.91 Å². The van der Waals surface area contributed by atoms with Gasteiger partial charge < -0.3 is 9.32 Å². The third-order valence-corrected chi connectivity index (χ3v) is 5.88. The Morgan fingerprint density at radius 2 is 1.85 bits per heavy atom. The molecule has 0 saturated carbocycles. The first kappa shape index (κ1) is 22.1. The highest BCUT2D eigenvalue weighted by molar-refractivity contribution is 5.95. The predicted molar refractivity (Wildman–Crippen MR) is 114 cm³/mol. The Labute approximate surface area is 190 Å². The molecular weight excluding hydrogens is 455 g/mol. The smallest absolute Gasteiger partial charge is 0.416 e. The van der Waals surface area contributed by atoms with Crippen LogP contribution in [0.4, 0.5) is 22.0 Å². The van der Waals surface area contributed by atoms with Gasteiger partial charge in [-0.25, -0.2) is 13.8 Å². The second-order valence-corrected chi connectivity index (χ2v) is 8.09. The molecule has 0 spiro atoms. The van der Waals surface area contributed by atoms with Crippen LogP contribution in [0.3, 0.4) is 0 Å². The number of alkyl halides is 3. The molecule has 0 aliphatic carbocycles. The Balaban J connectivity index is 1.45. The van der Waals surface area contributed by atoms with E-state index in [-0.39, 0.29) is 17.0 Å². The number of likely N-dealkylation sites (tertiary alicyclic amines) is 1. The molecule has 1 aliphatic heterocycles. The van der Waals surface area contributed by atoms with Gasteiger partial charge in [0.05, 0.1) is 5.56 Å². The number of nitrogens with zero attached hydrogens (tertiary/aromatic N) is 2. The summed E-state index contributed by atoms with van der Waals surface area (Å²) in [4.78, 5) is 19.0. The Morgan fingerprint density at radius 1 is 1.03 bits per heavy atom. The molecule has 0 unspecified atom stereocenters. The van der Waals surface area contributed by atoms with E-state index in [1.807, 2.05) is 0 Å². The molecule has 1 atom stereocenters. The van der Waals surface area contributed by atoms with Gasteiger partial charge in [-0.05, 0) is 60.9 Å². The maximum Gasteiger partial charge on any atom is 0.416 e. The molecular formula is C25H17F5N2O2. The molecule has 1 amide bonds. The Hall–Kier alpha value is -3.75. The summed E-state index contributed by atoms with van der Waals surface area (Å²) in [7, 11) is 0. The number of oxazole rings is 1. The Bertz CT molecular complexity index is 1400. The number of aromatic nitrogens is 1. The summed E-state index contributed by atoms with van der Waals surface area (Å²) >= 11 is 0. The number of amides is 1. The first-order chi connectivity index (χ1) is 16.2. The van der Waals surface area contributed by atoms with Crippen LogP contribution < -0.4 is 0 Å². The lowest BCUT2D eigenvalue weighted by Gasteiger charge is -2.22. The number of rotatable bonds is 3. The molecule has 174 valence electrons. The maximum absolute atomic E-state index is 14.2. The van der Waals surface area contributed by atoms with Crippen LogP contribution in [0.15, 0.2) is 65.1 Å². The lowest BCUT2D eigenvalue weighted by Crippen LogP contribution is -2.31. The van der Waals surface area contributed by atoms with Crippen molar-refractivity contribution in [3.05, 3.63) is 89.3 Å². The lowest BCUT2D eigenvalue weighted by molar-refractivity contribution is -0.137. The number of hydrogen-bond donors (Lipinski definition) is 0. The molecule has 34 heavy (non-hydrogen) atoms. The van der Waals surface area contributed by atoms with E-state index >= 15 is 0 Å². The van der Waals surface area contributed by atoms with Crippen molar-refractivity contribution in [2.45, 2.75) is 25.1 Å². The normalized spacial score (nSPS) is 16.4. The topological polar surface area (TPSA) is 46.3 Å². The molecule has 1 aliphatic rings. The second kappa shape index (κ2) is 8.23. The number of carbonyl (C=O) groups is 1. The summed E-state index contributed by atoms with van der Waals surface area (Å²) < 4.78 is 72.5. The van der Waals surface area contributed by atoms with E-state index in [1.54, 1.807) is 18.2 Å². The first-order valence-electron chi connectivity index (χ1n) is 10.5. The maximum atomic E-state index is 14.2. The predicted octanol–water partition coefficient (Wildman–Crippen LogP) is 6.77. The zero-order chi connectivity index (χ0) is 24.0. The van der Waals surface area contributed by atoms with Crippen LogP contribution in [0, 0.1) is 11.6 Å². The molecule has 0 bridgehead atoms.